The van der Waals surface area contributed by atoms with E-state index in [9.17, 15) is 4.79 Å². The largest absolute Gasteiger partial charge is 0.479 e. The van der Waals surface area contributed by atoms with Crippen molar-refractivity contribution in [2.45, 2.75) is 12.8 Å². The van der Waals surface area contributed by atoms with Crippen molar-refractivity contribution in [1.29, 1.82) is 0 Å². The van der Waals surface area contributed by atoms with Crippen LogP contribution in [0.4, 0.5) is 11.5 Å². The molecule has 0 unspecified atom stereocenters. The zero-order chi connectivity index (χ0) is 14.8. The zero-order valence-corrected chi connectivity index (χ0v) is 12.6. The summed E-state index contributed by atoms with van der Waals surface area (Å²) >= 11 is 0. The van der Waals surface area contributed by atoms with Gasteiger partial charge in [0.25, 0.3) is 0 Å². The average molecular weight is 290 g/mol. The van der Waals surface area contributed by atoms with Crippen LogP contribution in [0.3, 0.4) is 0 Å². The fraction of sp³-hybridized carbons (Fsp3) is 0.600. The Hall–Kier alpha value is -1.82. The van der Waals surface area contributed by atoms with Gasteiger partial charge in [0, 0.05) is 32.1 Å². The van der Waals surface area contributed by atoms with Gasteiger partial charge < -0.3 is 19.9 Å². The predicted molar refractivity (Wildman–Crippen MR) is 81.9 cm³/mol. The van der Waals surface area contributed by atoms with Crippen LogP contribution in [0.1, 0.15) is 12.8 Å². The lowest BCUT2D eigenvalue weighted by Crippen LogP contribution is -2.44. The lowest BCUT2D eigenvalue weighted by Gasteiger charge is -2.33. The quantitative estimate of drug-likeness (QED) is 0.902. The van der Waals surface area contributed by atoms with E-state index in [2.05, 4.69) is 27.1 Å². The van der Waals surface area contributed by atoms with E-state index in [1.807, 2.05) is 12.1 Å². The number of hydrogen-bond acceptors (Lipinski definition) is 5. The van der Waals surface area contributed by atoms with E-state index in [0.717, 1.165) is 44.8 Å². The van der Waals surface area contributed by atoms with E-state index in [4.69, 9.17) is 4.74 Å². The number of aromatic nitrogens is 1. The molecule has 114 valence electrons. The number of piperazine rings is 1. The van der Waals surface area contributed by atoms with Gasteiger partial charge in [0.05, 0.1) is 7.11 Å². The van der Waals surface area contributed by atoms with E-state index >= 15 is 0 Å². The van der Waals surface area contributed by atoms with Crippen LogP contribution in [0.25, 0.3) is 0 Å². The van der Waals surface area contributed by atoms with Crippen molar-refractivity contribution in [2.75, 3.05) is 50.6 Å². The zero-order valence-electron chi connectivity index (χ0n) is 12.6. The number of amides is 1. The van der Waals surface area contributed by atoms with Gasteiger partial charge in [-0.1, -0.05) is 0 Å². The third-order valence-electron chi connectivity index (χ3n) is 4.07. The third kappa shape index (κ3) is 3.26. The number of carbonyl (C=O) groups is 1. The first-order valence-electron chi connectivity index (χ1n) is 7.47. The molecule has 1 aromatic rings. The summed E-state index contributed by atoms with van der Waals surface area (Å²) in [6, 6.07) is 3.84. The summed E-state index contributed by atoms with van der Waals surface area (Å²) in [5.74, 6) is 1.64. The number of carbonyl (C=O) groups excluding carboxylic acids is 1. The van der Waals surface area contributed by atoms with Crippen LogP contribution < -0.4 is 15.0 Å². The van der Waals surface area contributed by atoms with Crippen molar-refractivity contribution in [3.05, 3.63) is 12.1 Å². The normalized spacial score (nSPS) is 19.4. The summed E-state index contributed by atoms with van der Waals surface area (Å²) in [5.41, 5.74) is 0.660. The van der Waals surface area contributed by atoms with E-state index in [0.29, 0.717) is 11.6 Å². The Balaban J connectivity index is 1.73. The van der Waals surface area contributed by atoms with Crippen molar-refractivity contribution in [1.82, 2.24) is 9.88 Å². The minimum atomic E-state index is 0.0717. The van der Waals surface area contributed by atoms with Gasteiger partial charge in [-0.3, -0.25) is 4.79 Å². The van der Waals surface area contributed by atoms with Crippen LogP contribution in [0.2, 0.25) is 0 Å². The number of nitrogens with zero attached hydrogens (tertiary/aromatic N) is 3. The van der Waals surface area contributed by atoms with E-state index in [1.54, 1.807) is 7.11 Å². The molecule has 6 heteroatoms. The first kappa shape index (κ1) is 14.1. The minimum absolute atomic E-state index is 0.0717. The number of ether oxygens (including phenoxy) is 1. The third-order valence-corrected chi connectivity index (χ3v) is 4.07. The molecule has 2 aliphatic rings. The summed E-state index contributed by atoms with van der Waals surface area (Å²) in [6.07, 6.45) is 1.97. The second-order valence-electron chi connectivity index (χ2n) is 5.78. The number of hydrogen-bond donors (Lipinski definition) is 1. The smallest absolute Gasteiger partial charge is 0.239 e. The Morgan fingerprint density at radius 2 is 2.00 bits per heavy atom. The lowest BCUT2D eigenvalue weighted by molar-refractivity contribution is -0.117. The molecule has 1 saturated heterocycles. The number of methoxy groups -OCH3 is 1. The van der Waals surface area contributed by atoms with Gasteiger partial charge in [-0.2, -0.15) is 4.98 Å². The van der Waals surface area contributed by atoms with Crippen LogP contribution in [-0.2, 0) is 4.79 Å². The molecule has 0 radical (unpaired) electrons. The number of nitrogens with one attached hydrogen (secondary N) is 1. The van der Waals surface area contributed by atoms with Gasteiger partial charge >= 0.3 is 0 Å². The van der Waals surface area contributed by atoms with Gasteiger partial charge in [-0.15, -0.1) is 0 Å². The molecular weight excluding hydrogens is 268 g/mol. The molecule has 3 rings (SSSR count). The highest BCUT2D eigenvalue weighted by Gasteiger charge is 2.30. The average Bonchev–Trinajstić information content (AvgIpc) is 3.33. The molecule has 1 saturated carbocycles. The van der Waals surface area contributed by atoms with Crippen LogP contribution in [0, 0.1) is 5.92 Å². The Bertz CT molecular complexity index is 522. The molecule has 2 fully saturated rings. The second-order valence-corrected chi connectivity index (χ2v) is 5.78. The molecule has 0 atom stereocenters. The lowest BCUT2D eigenvalue weighted by atomic mass is 10.3. The number of rotatable bonds is 4. The Labute approximate surface area is 125 Å². The summed E-state index contributed by atoms with van der Waals surface area (Å²) in [6.45, 7) is 3.98. The minimum Gasteiger partial charge on any atom is -0.479 e. The van der Waals surface area contributed by atoms with Crippen LogP contribution >= 0.6 is 0 Å². The fourth-order valence-electron chi connectivity index (χ4n) is 2.47. The highest BCUT2D eigenvalue weighted by Crippen LogP contribution is 2.32. The second kappa shape index (κ2) is 5.89. The van der Waals surface area contributed by atoms with E-state index in [1.165, 1.54) is 0 Å². The molecule has 6 nitrogen and oxygen atoms in total. The van der Waals surface area contributed by atoms with Crippen molar-refractivity contribution in [3.63, 3.8) is 0 Å². The molecule has 1 aromatic heterocycles. The van der Waals surface area contributed by atoms with Crippen molar-refractivity contribution >= 4 is 17.4 Å². The van der Waals surface area contributed by atoms with Crippen LogP contribution in [0.15, 0.2) is 12.1 Å². The molecule has 1 amide bonds. The van der Waals surface area contributed by atoms with E-state index in [-0.39, 0.29) is 11.8 Å². The fourth-order valence-corrected chi connectivity index (χ4v) is 2.47. The summed E-state index contributed by atoms with van der Waals surface area (Å²) in [4.78, 5) is 20.9. The SMILES string of the molecule is COc1nc(N2CCN(C)CC2)ccc1NC(=O)C1CC1. The Kier molecular flexibility index (Phi) is 3.96. The topological polar surface area (TPSA) is 57.7 Å². The summed E-state index contributed by atoms with van der Waals surface area (Å²) in [5, 5.41) is 2.91. The highest BCUT2D eigenvalue weighted by molar-refractivity contribution is 5.95. The van der Waals surface area contributed by atoms with Gasteiger partial charge in [0.15, 0.2) is 0 Å². The first-order valence-corrected chi connectivity index (χ1v) is 7.47. The maximum absolute atomic E-state index is 11.9. The summed E-state index contributed by atoms with van der Waals surface area (Å²) in [7, 11) is 3.71. The molecular formula is C15H22N4O2. The number of anilines is 2. The van der Waals surface area contributed by atoms with Crippen molar-refractivity contribution in [3.8, 4) is 5.88 Å². The summed E-state index contributed by atoms with van der Waals surface area (Å²) < 4.78 is 5.34. The van der Waals surface area contributed by atoms with Gasteiger partial charge in [0.2, 0.25) is 11.8 Å². The maximum atomic E-state index is 11.9. The first-order chi connectivity index (χ1) is 10.2. The molecule has 1 aliphatic carbocycles. The number of pyridine rings is 1. The Morgan fingerprint density at radius 3 is 2.62 bits per heavy atom. The van der Waals surface area contributed by atoms with Gasteiger partial charge in [0.1, 0.15) is 11.5 Å². The molecule has 0 aromatic carbocycles. The van der Waals surface area contributed by atoms with Crippen molar-refractivity contribution in [2.24, 2.45) is 5.92 Å². The molecule has 0 bridgehead atoms. The molecule has 0 spiro atoms. The van der Waals surface area contributed by atoms with Gasteiger partial charge in [-0.05, 0) is 32.0 Å². The standard InChI is InChI=1S/C15H22N4O2/c1-18-7-9-19(10-8-18)13-6-5-12(15(17-13)21-2)16-14(20)11-3-4-11/h5-6,11H,3-4,7-10H2,1-2H3,(H,16,20). The van der Waals surface area contributed by atoms with Crippen molar-refractivity contribution < 1.29 is 9.53 Å². The maximum Gasteiger partial charge on any atom is 0.239 e. The Morgan fingerprint density at radius 1 is 1.29 bits per heavy atom. The van der Waals surface area contributed by atoms with Crippen LogP contribution in [0.5, 0.6) is 5.88 Å². The monoisotopic (exact) mass is 290 g/mol. The highest BCUT2D eigenvalue weighted by atomic mass is 16.5. The van der Waals surface area contributed by atoms with Gasteiger partial charge in [-0.25, -0.2) is 0 Å². The predicted octanol–water partition coefficient (Wildman–Crippen LogP) is 1.19. The molecule has 21 heavy (non-hydrogen) atoms. The molecule has 2 heterocycles. The van der Waals surface area contributed by atoms with Crippen LogP contribution in [-0.4, -0.2) is 56.1 Å². The number of likely N-dealkylation sites (N-methyl/N-ethyl adjacent to an activating group) is 1. The molecule has 1 N–H and O–H groups in total. The van der Waals surface area contributed by atoms with E-state index < -0.39 is 0 Å². The molecule has 1 aliphatic heterocycles.